The number of hydrogen-bond donors (Lipinski definition) is 2. The Morgan fingerprint density at radius 2 is 1.82 bits per heavy atom. The fourth-order valence-electron chi connectivity index (χ4n) is 2.67. The molecule has 2 amide bonds. The molecule has 0 aromatic heterocycles. The number of esters is 1. The van der Waals surface area contributed by atoms with E-state index in [0.29, 0.717) is 29.2 Å². The zero-order chi connectivity index (χ0) is 19.9. The molecule has 3 aromatic rings. The van der Waals surface area contributed by atoms with E-state index in [0.717, 1.165) is 10.8 Å². The molecule has 0 radical (unpaired) electrons. The Labute approximate surface area is 161 Å². The maximum atomic E-state index is 12.6. The minimum Gasteiger partial charge on any atom is -0.494 e. The van der Waals surface area contributed by atoms with Crippen molar-refractivity contribution in [1.82, 2.24) is 5.43 Å². The van der Waals surface area contributed by atoms with Gasteiger partial charge in [-0.15, -0.1) is 0 Å². The number of primary amides is 1. The predicted octanol–water partition coefficient (Wildman–Crippen LogP) is 3.46. The largest absolute Gasteiger partial charge is 0.494 e. The minimum absolute atomic E-state index is 0.313. The number of amides is 2. The van der Waals surface area contributed by atoms with Crippen LogP contribution in [0.25, 0.3) is 10.8 Å². The van der Waals surface area contributed by atoms with Crippen LogP contribution in [-0.2, 0) is 0 Å². The summed E-state index contributed by atoms with van der Waals surface area (Å²) in [5, 5.41) is 5.56. The van der Waals surface area contributed by atoms with E-state index in [2.05, 4.69) is 10.5 Å². The Morgan fingerprint density at radius 1 is 1.07 bits per heavy atom. The second-order valence-electron chi connectivity index (χ2n) is 5.78. The lowest BCUT2D eigenvalue weighted by atomic mass is 10.0. The number of urea groups is 1. The van der Waals surface area contributed by atoms with Gasteiger partial charge in [0.2, 0.25) is 0 Å². The van der Waals surface area contributed by atoms with E-state index >= 15 is 0 Å². The molecule has 0 saturated carbocycles. The van der Waals surface area contributed by atoms with Gasteiger partial charge in [0.15, 0.2) is 0 Å². The molecule has 28 heavy (non-hydrogen) atoms. The third-order valence-corrected chi connectivity index (χ3v) is 3.90. The van der Waals surface area contributed by atoms with Gasteiger partial charge >= 0.3 is 12.0 Å². The number of fused-ring (bicyclic) bond motifs is 1. The summed E-state index contributed by atoms with van der Waals surface area (Å²) in [6, 6.07) is 17.0. The van der Waals surface area contributed by atoms with Gasteiger partial charge in [-0.1, -0.05) is 30.3 Å². The molecular formula is C21H19N3O4. The van der Waals surface area contributed by atoms with Crippen LogP contribution in [-0.4, -0.2) is 24.8 Å². The van der Waals surface area contributed by atoms with Gasteiger partial charge < -0.3 is 15.2 Å². The van der Waals surface area contributed by atoms with Gasteiger partial charge in [-0.3, -0.25) is 0 Å². The highest BCUT2D eigenvalue weighted by atomic mass is 16.5. The Kier molecular flexibility index (Phi) is 5.86. The molecule has 0 atom stereocenters. The fraction of sp³-hybridized carbons (Fsp3) is 0.0952. The van der Waals surface area contributed by atoms with E-state index in [1.165, 1.54) is 6.21 Å². The van der Waals surface area contributed by atoms with Crippen molar-refractivity contribution in [2.75, 3.05) is 6.61 Å². The van der Waals surface area contributed by atoms with Crippen LogP contribution < -0.4 is 20.6 Å². The Morgan fingerprint density at radius 3 is 2.54 bits per heavy atom. The van der Waals surface area contributed by atoms with Crippen LogP contribution in [0.2, 0.25) is 0 Å². The summed E-state index contributed by atoms with van der Waals surface area (Å²) in [6.45, 7) is 2.43. The second kappa shape index (κ2) is 8.68. The van der Waals surface area contributed by atoms with Gasteiger partial charge in [0, 0.05) is 5.56 Å². The predicted molar refractivity (Wildman–Crippen MR) is 107 cm³/mol. The first-order valence-corrected chi connectivity index (χ1v) is 8.63. The summed E-state index contributed by atoms with van der Waals surface area (Å²) < 4.78 is 11.0. The molecular weight excluding hydrogens is 358 g/mol. The van der Waals surface area contributed by atoms with E-state index < -0.39 is 12.0 Å². The van der Waals surface area contributed by atoms with Crippen LogP contribution in [0, 0.1) is 0 Å². The lowest BCUT2D eigenvalue weighted by molar-refractivity contribution is 0.0734. The zero-order valence-electron chi connectivity index (χ0n) is 15.2. The van der Waals surface area contributed by atoms with E-state index in [1.807, 2.05) is 37.3 Å². The lowest BCUT2D eigenvalue weighted by Gasteiger charge is -2.11. The van der Waals surface area contributed by atoms with Crippen molar-refractivity contribution < 1.29 is 19.1 Å². The number of rotatable bonds is 6. The SMILES string of the molecule is CCOc1ccc(C(=O)Oc2ccc3ccccc3c2/C=N/NC(N)=O)cc1. The summed E-state index contributed by atoms with van der Waals surface area (Å²) >= 11 is 0. The van der Waals surface area contributed by atoms with Crippen molar-refractivity contribution in [3.63, 3.8) is 0 Å². The first-order chi connectivity index (χ1) is 13.6. The van der Waals surface area contributed by atoms with Gasteiger partial charge in [0.05, 0.1) is 18.4 Å². The number of benzene rings is 3. The number of carbonyl (C=O) groups is 2. The van der Waals surface area contributed by atoms with Crippen molar-refractivity contribution in [3.05, 3.63) is 71.8 Å². The number of carbonyl (C=O) groups excluding carboxylic acids is 2. The Bertz CT molecular complexity index is 1030. The summed E-state index contributed by atoms with van der Waals surface area (Å²) in [7, 11) is 0. The summed E-state index contributed by atoms with van der Waals surface area (Å²) in [4.78, 5) is 23.4. The van der Waals surface area contributed by atoms with Crippen LogP contribution >= 0.6 is 0 Å². The summed E-state index contributed by atoms with van der Waals surface area (Å²) in [6.07, 6.45) is 1.40. The molecule has 0 spiro atoms. The van der Waals surface area contributed by atoms with Crippen LogP contribution in [0.4, 0.5) is 4.79 Å². The number of nitrogens with two attached hydrogens (primary N) is 1. The van der Waals surface area contributed by atoms with Crippen LogP contribution in [0.15, 0.2) is 65.8 Å². The number of ether oxygens (including phenoxy) is 2. The molecule has 0 aliphatic rings. The monoisotopic (exact) mass is 377 g/mol. The molecule has 0 fully saturated rings. The van der Waals surface area contributed by atoms with Gasteiger partial charge in [-0.2, -0.15) is 5.10 Å². The maximum absolute atomic E-state index is 12.6. The van der Waals surface area contributed by atoms with E-state index in [9.17, 15) is 9.59 Å². The standard InChI is InChI=1S/C21H19N3O4/c1-2-27-16-10-7-15(8-11-16)20(25)28-19-12-9-14-5-3-4-6-17(14)18(19)13-23-24-21(22)26/h3-13H,2H2,1H3,(H3,22,24,26)/b23-13+. The molecule has 0 saturated heterocycles. The van der Waals surface area contributed by atoms with E-state index in [1.54, 1.807) is 30.3 Å². The molecule has 142 valence electrons. The molecule has 7 heteroatoms. The van der Waals surface area contributed by atoms with Gasteiger partial charge in [-0.05, 0) is 48.0 Å². The van der Waals surface area contributed by atoms with E-state index in [4.69, 9.17) is 15.2 Å². The highest BCUT2D eigenvalue weighted by Gasteiger charge is 2.13. The smallest absolute Gasteiger partial charge is 0.343 e. The fourth-order valence-corrected chi connectivity index (χ4v) is 2.67. The Balaban J connectivity index is 1.91. The first-order valence-electron chi connectivity index (χ1n) is 8.63. The molecule has 3 N–H and O–H groups in total. The second-order valence-corrected chi connectivity index (χ2v) is 5.78. The highest BCUT2D eigenvalue weighted by Crippen LogP contribution is 2.27. The van der Waals surface area contributed by atoms with Crippen molar-refractivity contribution in [1.29, 1.82) is 0 Å². The Hall–Kier alpha value is -3.87. The third-order valence-electron chi connectivity index (χ3n) is 3.90. The maximum Gasteiger partial charge on any atom is 0.343 e. The van der Waals surface area contributed by atoms with E-state index in [-0.39, 0.29) is 0 Å². The lowest BCUT2D eigenvalue weighted by Crippen LogP contribution is -2.24. The molecule has 0 aliphatic heterocycles. The molecule has 7 nitrogen and oxygen atoms in total. The van der Waals surface area contributed by atoms with Crippen LogP contribution in [0.1, 0.15) is 22.8 Å². The summed E-state index contributed by atoms with van der Waals surface area (Å²) in [5.74, 6) is 0.471. The van der Waals surface area contributed by atoms with Gasteiger partial charge in [0.25, 0.3) is 0 Å². The molecule has 0 bridgehead atoms. The van der Waals surface area contributed by atoms with Crippen LogP contribution in [0.5, 0.6) is 11.5 Å². The van der Waals surface area contributed by atoms with Crippen molar-refractivity contribution in [2.45, 2.75) is 6.92 Å². The number of hydrogen-bond acceptors (Lipinski definition) is 5. The topological polar surface area (TPSA) is 103 Å². The molecule has 0 unspecified atom stereocenters. The molecule has 3 aromatic carbocycles. The average Bonchev–Trinajstić information content (AvgIpc) is 2.70. The summed E-state index contributed by atoms with van der Waals surface area (Å²) in [5.41, 5.74) is 8.11. The highest BCUT2D eigenvalue weighted by molar-refractivity contribution is 6.04. The average molecular weight is 377 g/mol. The van der Waals surface area contributed by atoms with Crippen molar-refractivity contribution in [3.8, 4) is 11.5 Å². The van der Waals surface area contributed by atoms with Crippen molar-refractivity contribution in [2.24, 2.45) is 10.8 Å². The van der Waals surface area contributed by atoms with Gasteiger partial charge in [-0.25, -0.2) is 15.0 Å². The molecule has 0 heterocycles. The number of nitrogens with zero attached hydrogens (tertiary/aromatic N) is 1. The quantitative estimate of drug-likeness (QED) is 0.297. The normalized spacial score (nSPS) is 10.8. The minimum atomic E-state index is -0.788. The number of hydrazone groups is 1. The third kappa shape index (κ3) is 4.45. The van der Waals surface area contributed by atoms with Crippen LogP contribution in [0.3, 0.4) is 0 Å². The van der Waals surface area contributed by atoms with Gasteiger partial charge in [0.1, 0.15) is 11.5 Å². The molecule has 3 rings (SSSR count). The number of nitrogens with one attached hydrogen (secondary N) is 1. The zero-order valence-corrected chi connectivity index (χ0v) is 15.2. The molecule has 0 aliphatic carbocycles. The van der Waals surface area contributed by atoms with Crippen molar-refractivity contribution >= 4 is 29.0 Å². The first kappa shape index (κ1) is 18.9.